The van der Waals surface area contributed by atoms with Gasteiger partial charge in [0, 0.05) is 45.2 Å². The SMILES string of the molecule is CN(C)c1nc(N(C)CCO)c2c(n1)C1(CC2)CCN(CC2CC2)CC1. The Morgan fingerprint density at radius 1 is 1.12 bits per heavy atom. The summed E-state index contributed by atoms with van der Waals surface area (Å²) in [6, 6.07) is 0. The minimum absolute atomic E-state index is 0.147. The maximum Gasteiger partial charge on any atom is 0.227 e. The van der Waals surface area contributed by atoms with Gasteiger partial charge in [0.2, 0.25) is 5.95 Å². The Morgan fingerprint density at radius 3 is 2.46 bits per heavy atom. The van der Waals surface area contributed by atoms with Crippen LogP contribution in [0.4, 0.5) is 11.8 Å². The van der Waals surface area contributed by atoms with Crippen LogP contribution >= 0.6 is 0 Å². The lowest BCUT2D eigenvalue weighted by Crippen LogP contribution is -2.42. The second kappa shape index (κ2) is 6.97. The molecule has 0 bridgehead atoms. The number of fused-ring (bicyclic) bond motifs is 2. The summed E-state index contributed by atoms with van der Waals surface area (Å²) in [5, 5.41) is 9.37. The number of hydrogen-bond donors (Lipinski definition) is 1. The number of aliphatic hydroxyl groups is 1. The van der Waals surface area contributed by atoms with Crippen molar-refractivity contribution in [3.63, 3.8) is 0 Å². The topological polar surface area (TPSA) is 55.7 Å². The van der Waals surface area contributed by atoms with Crippen LogP contribution in [0.3, 0.4) is 0 Å². The Bertz CT molecular complexity index is 650. The van der Waals surface area contributed by atoms with Crippen molar-refractivity contribution < 1.29 is 5.11 Å². The fourth-order valence-electron chi connectivity index (χ4n) is 4.70. The van der Waals surface area contributed by atoms with Gasteiger partial charge in [0.05, 0.1) is 12.3 Å². The van der Waals surface area contributed by atoms with E-state index in [0.717, 1.165) is 24.1 Å². The summed E-state index contributed by atoms with van der Waals surface area (Å²) in [5.74, 6) is 2.79. The van der Waals surface area contributed by atoms with Gasteiger partial charge in [-0.15, -0.1) is 0 Å². The van der Waals surface area contributed by atoms with E-state index in [0.29, 0.717) is 6.54 Å². The van der Waals surface area contributed by atoms with Gasteiger partial charge in [-0.3, -0.25) is 0 Å². The van der Waals surface area contributed by atoms with Crippen LogP contribution in [0.2, 0.25) is 0 Å². The molecule has 0 unspecified atom stereocenters. The van der Waals surface area contributed by atoms with E-state index in [-0.39, 0.29) is 12.0 Å². The van der Waals surface area contributed by atoms with Crippen LogP contribution in [0, 0.1) is 5.92 Å². The van der Waals surface area contributed by atoms with E-state index in [4.69, 9.17) is 9.97 Å². The average Bonchev–Trinajstić information content (AvgIpc) is 3.38. The molecule has 0 atom stereocenters. The zero-order chi connectivity index (χ0) is 18.3. The molecule has 0 amide bonds. The molecule has 6 heteroatoms. The Hall–Kier alpha value is -1.40. The third kappa shape index (κ3) is 3.29. The highest BCUT2D eigenvalue weighted by atomic mass is 16.3. The predicted octanol–water partition coefficient (Wildman–Crippen LogP) is 1.66. The van der Waals surface area contributed by atoms with Gasteiger partial charge in [0.15, 0.2) is 0 Å². The molecule has 1 saturated carbocycles. The lowest BCUT2D eigenvalue weighted by atomic mass is 9.76. The number of aliphatic hydroxyl groups excluding tert-OH is 1. The van der Waals surface area contributed by atoms with Gasteiger partial charge in [-0.25, -0.2) is 4.98 Å². The molecule has 144 valence electrons. The second-order valence-corrected chi connectivity index (χ2v) is 8.74. The lowest BCUT2D eigenvalue weighted by molar-refractivity contribution is 0.151. The van der Waals surface area contributed by atoms with Crippen molar-refractivity contribution in [1.82, 2.24) is 14.9 Å². The van der Waals surface area contributed by atoms with E-state index in [1.54, 1.807) is 0 Å². The quantitative estimate of drug-likeness (QED) is 0.834. The number of likely N-dealkylation sites (tertiary alicyclic amines) is 1. The summed E-state index contributed by atoms with van der Waals surface area (Å²) in [5.41, 5.74) is 2.85. The molecule has 1 aromatic heterocycles. The fourth-order valence-corrected chi connectivity index (χ4v) is 4.70. The minimum atomic E-state index is 0.147. The number of nitrogens with zero attached hydrogens (tertiary/aromatic N) is 5. The van der Waals surface area contributed by atoms with Gasteiger partial charge in [-0.1, -0.05) is 0 Å². The van der Waals surface area contributed by atoms with Crippen molar-refractivity contribution in [2.45, 2.75) is 43.9 Å². The average molecular weight is 360 g/mol. The number of aromatic nitrogens is 2. The van der Waals surface area contributed by atoms with E-state index >= 15 is 0 Å². The van der Waals surface area contributed by atoms with E-state index in [9.17, 15) is 5.11 Å². The molecule has 1 aromatic rings. The molecule has 0 radical (unpaired) electrons. The lowest BCUT2D eigenvalue weighted by Gasteiger charge is -2.39. The maximum atomic E-state index is 9.37. The van der Waals surface area contributed by atoms with E-state index in [2.05, 4.69) is 9.80 Å². The number of anilines is 2. The Kier molecular flexibility index (Phi) is 4.82. The van der Waals surface area contributed by atoms with Crippen LogP contribution in [0.5, 0.6) is 0 Å². The number of likely N-dealkylation sites (N-methyl/N-ethyl adjacent to an activating group) is 1. The van der Waals surface area contributed by atoms with Crippen LogP contribution in [0.15, 0.2) is 0 Å². The predicted molar refractivity (Wildman–Crippen MR) is 105 cm³/mol. The van der Waals surface area contributed by atoms with Gasteiger partial charge in [-0.2, -0.15) is 4.98 Å². The fraction of sp³-hybridized carbons (Fsp3) is 0.800. The molecule has 3 aliphatic rings. The maximum absolute atomic E-state index is 9.37. The van der Waals surface area contributed by atoms with Gasteiger partial charge in [-0.05, 0) is 57.5 Å². The van der Waals surface area contributed by atoms with Crippen LogP contribution in [0.1, 0.15) is 43.4 Å². The molecule has 0 aromatic carbocycles. The molecular formula is C20H33N5O. The van der Waals surface area contributed by atoms with Crippen LogP contribution < -0.4 is 9.80 Å². The van der Waals surface area contributed by atoms with Gasteiger partial charge < -0.3 is 19.8 Å². The van der Waals surface area contributed by atoms with Gasteiger partial charge in [0.25, 0.3) is 0 Å². The highest BCUT2D eigenvalue weighted by Gasteiger charge is 2.45. The van der Waals surface area contributed by atoms with E-state index < -0.39 is 0 Å². The van der Waals surface area contributed by atoms with Crippen LogP contribution in [-0.2, 0) is 11.8 Å². The minimum Gasteiger partial charge on any atom is -0.395 e. The van der Waals surface area contributed by atoms with Crippen molar-refractivity contribution in [3.05, 3.63) is 11.3 Å². The molecule has 4 rings (SSSR count). The van der Waals surface area contributed by atoms with Crippen molar-refractivity contribution >= 4 is 11.8 Å². The van der Waals surface area contributed by atoms with E-state index in [1.807, 2.05) is 26.0 Å². The Labute approximate surface area is 157 Å². The van der Waals surface area contributed by atoms with Crippen LogP contribution in [0.25, 0.3) is 0 Å². The van der Waals surface area contributed by atoms with Gasteiger partial charge >= 0.3 is 0 Å². The normalized spacial score (nSPS) is 21.8. The first-order chi connectivity index (χ1) is 12.5. The molecule has 2 heterocycles. The third-order valence-corrected chi connectivity index (χ3v) is 6.55. The summed E-state index contributed by atoms with van der Waals surface area (Å²) in [7, 11) is 6.05. The first-order valence-electron chi connectivity index (χ1n) is 10.2. The third-order valence-electron chi connectivity index (χ3n) is 6.55. The van der Waals surface area contributed by atoms with Crippen LogP contribution in [-0.4, -0.2) is 73.9 Å². The molecule has 1 saturated heterocycles. The summed E-state index contributed by atoms with van der Waals surface area (Å²) >= 11 is 0. The summed E-state index contributed by atoms with van der Waals surface area (Å²) in [6.07, 6.45) is 7.58. The highest BCUT2D eigenvalue weighted by Crippen LogP contribution is 2.48. The molecule has 1 aliphatic heterocycles. The van der Waals surface area contributed by atoms with Crippen molar-refractivity contribution in [1.29, 1.82) is 0 Å². The summed E-state index contributed by atoms with van der Waals surface area (Å²) in [6.45, 7) is 4.48. The molecule has 26 heavy (non-hydrogen) atoms. The van der Waals surface area contributed by atoms with E-state index in [1.165, 1.54) is 63.0 Å². The monoisotopic (exact) mass is 359 g/mol. The second-order valence-electron chi connectivity index (χ2n) is 8.74. The van der Waals surface area contributed by atoms with Crippen molar-refractivity contribution in [3.8, 4) is 0 Å². The molecule has 2 aliphatic carbocycles. The first kappa shape index (κ1) is 18.0. The molecular weight excluding hydrogens is 326 g/mol. The Balaban J connectivity index is 1.62. The van der Waals surface area contributed by atoms with Gasteiger partial charge in [0.1, 0.15) is 5.82 Å². The first-order valence-corrected chi connectivity index (χ1v) is 10.2. The summed E-state index contributed by atoms with van der Waals surface area (Å²) in [4.78, 5) is 16.6. The molecule has 1 N–H and O–H groups in total. The molecule has 2 fully saturated rings. The number of rotatable bonds is 6. The van der Waals surface area contributed by atoms with Crippen molar-refractivity contribution in [2.75, 3.05) is 63.7 Å². The zero-order valence-electron chi connectivity index (χ0n) is 16.5. The largest absolute Gasteiger partial charge is 0.395 e. The molecule has 1 spiro atoms. The standard InChI is InChI=1S/C20H33N5O/c1-23(2)19-21-17-16(18(22-19)24(3)12-13-26)6-7-20(17)8-10-25(11-9-20)14-15-4-5-15/h15,26H,4-14H2,1-3H3. The number of hydrogen-bond acceptors (Lipinski definition) is 6. The number of piperidine rings is 1. The zero-order valence-corrected chi connectivity index (χ0v) is 16.5. The smallest absolute Gasteiger partial charge is 0.227 e. The van der Waals surface area contributed by atoms with Crippen molar-refractivity contribution in [2.24, 2.45) is 5.92 Å². The Morgan fingerprint density at radius 2 is 1.85 bits per heavy atom. The highest BCUT2D eigenvalue weighted by molar-refractivity contribution is 5.57. The summed E-state index contributed by atoms with van der Waals surface area (Å²) < 4.78 is 0. The molecule has 6 nitrogen and oxygen atoms in total.